The first-order valence-corrected chi connectivity index (χ1v) is 5.36. The molecule has 0 aromatic carbocycles. The van der Waals surface area contributed by atoms with E-state index in [9.17, 15) is 14.7 Å². The van der Waals surface area contributed by atoms with Crippen LogP contribution < -0.4 is 16.6 Å². The largest absolute Gasteiger partial charge is 0.394 e. The van der Waals surface area contributed by atoms with Crippen LogP contribution in [0.3, 0.4) is 0 Å². The van der Waals surface area contributed by atoms with E-state index in [0.29, 0.717) is 23.2 Å². The standard InChI is InChI=1S/C10H10BN3O3/c11-6-1-7-9-13(10(6)17)3-5(4-15)14(9)8(16)2-12-7/h1-2,5,15H,3-4,11H2. The summed E-state index contributed by atoms with van der Waals surface area (Å²) in [5.74, 6) is 0. The van der Waals surface area contributed by atoms with Crippen molar-refractivity contribution in [2.24, 2.45) is 0 Å². The smallest absolute Gasteiger partial charge is 0.271 e. The van der Waals surface area contributed by atoms with Crippen molar-refractivity contribution in [3.05, 3.63) is 33.0 Å². The molecule has 0 fully saturated rings. The van der Waals surface area contributed by atoms with Gasteiger partial charge in [0.05, 0.1) is 25.4 Å². The monoisotopic (exact) mass is 231 g/mol. The molecule has 1 unspecified atom stereocenters. The summed E-state index contributed by atoms with van der Waals surface area (Å²) in [6.07, 6.45) is 1.23. The maximum Gasteiger partial charge on any atom is 0.271 e. The van der Waals surface area contributed by atoms with Crippen LogP contribution in [-0.4, -0.2) is 33.7 Å². The molecular formula is C10H10BN3O3. The molecule has 0 saturated heterocycles. The number of aliphatic hydroxyl groups is 1. The van der Waals surface area contributed by atoms with E-state index in [1.54, 1.807) is 13.9 Å². The zero-order valence-corrected chi connectivity index (χ0v) is 9.25. The van der Waals surface area contributed by atoms with Crippen LogP contribution in [0.25, 0.3) is 11.2 Å². The molecule has 1 atom stereocenters. The van der Waals surface area contributed by atoms with Crippen LogP contribution in [-0.2, 0) is 6.54 Å². The van der Waals surface area contributed by atoms with Crippen molar-refractivity contribution >= 4 is 24.5 Å². The summed E-state index contributed by atoms with van der Waals surface area (Å²) in [6, 6.07) is 1.30. The fraction of sp³-hybridized carbons (Fsp3) is 0.300. The first-order valence-electron chi connectivity index (χ1n) is 5.36. The highest BCUT2D eigenvalue weighted by atomic mass is 16.3. The number of nitrogens with zero attached hydrogens (tertiary/aromatic N) is 3. The van der Waals surface area contributed by atoms with Crippen molar-refractivity contribution < 1.29 is 5.11 Å². The predicted molar refractivity (Wildman–Crippen MR) is 64.6 cm³/mol. The van der Waals surface area contributed by atoms with E-state index < -0.39 is 0 Å². The van der Waals surface area contributed by atoms with Gasteiger partial charge in [-0.15, -0.1) is 0 Å². The molecule has 0 amide bonds. The highest BCUT2D eigenvalue weighted by Crippen LogP contribution is 2.20. The van der Waals surface area contributed by atoms with Gasteiger partial charge in [0, 0.05) is 0 Å². The van der Waals surface area contributed by atoms with Gasteiger partial charge in [0.15, 0.2) is 0 Å². The van der Waals surface area contributed by atoms with E-state index in [1.165, 1.54) is 15.3 Å². The fourth-order valence-electron chi connectivity index (χ4n) is 2.37. The van der Waals surface area contributed by atoms with Crippen LogP contribution in [0.4, 0.5) is 0 Å². The average molecular weight is 231 g/mol. The summed E-state index contributed by atoms with van der Waals surface area (Å²) >= 11 is 0. The van der Waals surface area contributed by atoms with Crippen LogP contribution in [0.5, 0.6) is 0 Å². The Morgan fingerprint density at radius 2 is 2.29 bits per heavy atom. The van der Waals surface area contributed by atoms with Crippen molar-refractivity contribution in [3.63, 3.8) is 0 Å². The maximum atomic E-state index is 12.0. The number of aliphatic hydroxyl groups excluding tert-OH is 1. The van der Waals surface area contributed by atoms with Crippen LogP contribution >= 0.6 is 0 Å². The van der Waals surface area contributed by atoms with E-state index in [0.717, 1.165) is 0 Å². The summed E-state index contributed by atoms with van der Waals surface area (Å²) in [6.45, 7) is 0.160. The summed E-state index contributed by atoms with van der Waals surface area (Å²) in [4.78, 5) is 27.7. The molecule has 86 valence electrons. The van der Waals surface area contributed by atoms with Crippen molar-refractivity contribution in [3.8, 4) is 0 Å². The molecule has 1 N–H and O–H groups in total. The third-order valence-corrected chi connectivity index (χ3v) is 3.17. The Hall–Kier alpha value is -1.89. The quantitative estimate of drug-likeness (QED) is 0.544. The van der Waals surface area contributed by atoms with Gasteiger partial charge in [-0.05, 0) is 11.5 Å². The van der Waals surface area contributed by atoms with Gasteiger partial charge in [0.1, 0.15) is 19.0 Å². The highest BCUT2D eigenvalue weighted by Gasteiger charge is 2.26. The third kappa shape index (κ3) is 1.23. The zero-order chi connectivity index (χ0) is 12.2. The van der Waals surface area contributed by atoms with Gasteiger partial charge in [0.2, 0.25) is 5.56 Å². The third-order valence-electron chi connectivity index (χ3n) is 3.17. The molecule has 1 aliphatic rings. The van der Waals surface area contributed by atoms with E-state index >= 15 is 0 Å². The van der Waals surface area contributed by atoms with Gasteiger partial charge in [-0.3, -0.25) is 18.7 Å². The molecule has 6 nitrogen and oxygen atoms in total. The van der Waals surface area contributed by atoms with Crippen LogP contribution in [0.15, 0.2) is 21.9 Å². The highest BCUT2D eigenvalue weighted by molar-refractivity contribution is 6.32. The maximum absolute atomic E-state index is 12.0. The Kier molecular flexibility index (Phi) is 2.00. The van der Waals surface area contributed by atoms with E-state index in [2.05, 4.69) is 4.98 Å². The second-order valence-corrected chi connectivity index (χ2v) is 4.25. The Labute approximate surface area is 96.6 Å². The van der Waals surface area contributed by atoms with Gasteiger partial charge in [-0.2, -0.15) is 0 Å². The van der Waals surface area contributed by atoms with E-state index in [1.807, 2.05) is 0 Å². The Morgan fingerprint density at radius 1 is 1.53 bits per heavy atom. The molecular weight excluding hydrogens is 221 g/mol. The van der Waals surface area contributed by atoms with Crippen molar-refractivity contribution in [1.29, 1.82) is 0 Å². The first kappa shape index (κ1) is 10.3. The lowest BCUT2D eigenvalue weighted by Crippen LogP contribution is -2.34. The van der Waals surface area contributed by atoms with Crippen molar-refractivity contribution in [2.45, 2.75) is 12.6 Å². The fourth-order valence-corrected chi connectivity index (χ4v) is 2.37. The molecule has 17 heavy (non-hydrogen) atoms. The minimum Gasteiger partial charge on any atom is -0.394 e. The Balaban J connectivity index is 2.55. The molecule has 2 aromatic heterocycles. The minimum absolute atomic E-state index is 0.130. The van der Waals surface area contributed by atoms with Gasteiger partial charge in [-0.25, -0.2) is 4.98 Å². The number of rotatable bonds is 1. The van der Waals surface area contributed by atoms with Gasteiger partial charge in [-0.1, -0.05) is 0 Å². The average Bonchev–Trinajstić information content (AvgIpc) is 2.71. The minimum atomic E-state index is -0.373. The molecule has 0 bridgehead atoms. The number of hydrogen-bond acceptors (Lipinski definition) is 4. The SMILES string of the molecule is Bc1cc2ncc(=O)n3c2n(c1=O)CC3CO. The molecule has 0 saturated carbocycles. The van der Waals surface area contributed by atoms with E-state index in [-0.39, 0.29) is 23.8 Å². The number of aromatic nitrogens is 3. The summed E-state index contributed by atoms with van der Waals surface area (Å²) in [5.41, 5.74) is 1.29. The first-order chi connectivity index (χ1) is 8.13. The molecule has 0 radical (unpaired) electrons. The topological polar surface area (TPSA) is 77.1 Å². The van der Waals surface area contributed by atoms with Gasteiger partial charge >= 0.3 is 0 Å². The second-order valence-electron chi connectivity index (χ2n) is 4.25. The van der Waals surface area contributed by atoms with Crippen molar-refractivity contribution in [2.75, 3.05) is 6.61 Å². The Morgan fingerprint density at radius 3 is 3.00 bits per heavy atom. The lowest BCUT2D eigenvalue weighted by atomic mass is 9.98. The van der Waals surface area contributed by atoms with Gasteiger partial charge < -0.3 is 5.11 Å². The summed E-state index contributed by atoms with van der Waals surface area (Å²) in [7, 11) is 1.72. The predicted octanol–water partition coefficient (Wildman–Crippen LogP) is -2.64. The van der Waals surface area contributed by atoms with Crippen LogP contribution in [0.2, 0.25) is 0 Å². The lowest BCUT2D eigenvalue weighted by Gasteiger charge is -2.08. The molecule has 3 rings (SSSR count). The number of pyridine rings is 1. The molecule has 1 aliphatic heterocycles. The van der Waals surface area contributed by atoms with Crippen LogP contribution in [0.1, 0.15) is 6.04 Å². The summed E-state index contributed by atoms with van der Waals surface area (Å²) < 4.78 is 2.96. The Bertz CT molecular complexity index is 734. The van der Waals surface area contributed by atoms with E-state index in [4.69, 9.17) is 0 Å². The zero-order valence-electron chi connectivity index (χ0n) is 9.25. The number of hydrogen-bond donors (Lipinski definition) is 1. The van der Waals surface area contributed by atoms with Gasteiger partial charge in [0.25, 0.3) is 5.56 Å². The molecule has 7 heteroatoms. The second kappa shape index (κ2) is 3.30. The molecule has 0 spiro atoms. The van der Waals surface area contributed by atoms with Crippen LogP contribution in [0, 0.1) is 0 Å². The molecule has 0 aliphatic carbocycles. The normalized spacial score (nSPS) is 17.8. The molecule has 2 aromatic rings. The lowest BCUT2D eigenvalue weighted by molar-refractivity contribution is 0.225. The van der Waals surface area contributed by atoms with Crippen molar-refractivity contribution in [1.82, 2.24) is 14.1 Å². The summed E-state index contributed by atoms with van der Waals surface area (Å²) in [5, 5.41) is 9.28. The molecule has 3 heterocycles.